The standard InChI is InChI=1S/C12H16N2O/c1-14-7-5-11(10-14)9-13-6-4-12-3-2-8-15-12/h2-3,5,7-8,10,13H,4,6,9H2,1H3. The van der Waals surface area contributed by atoms with Gasteiger partial charge in [-0.2, -0.15) is 0 Å². The first-order chi connectivity index (χ1) is 7.34. The summed E-state index contributed by atoms with van der Waals surface area (Å²) in [6.07, 6.45) is 6.84. The summed E-state index contributed by atoms with van der Waals surface area (Å²) in [5, 5.41) is 3.38. The van der Waals surface area contributed by atoms with Crippen LogP contribution in [-0.4, -0.2) is 11.1 Å². The van der Waals surface area contributed by atoms with Gasteiger partial charge in [0.25, 0.3) is 0 Å². The molecule has 0 unspecified atom stereocenters. The Morgan fingerprint density at radius 3 is 3.00 bits per heavy atom. The highest BCUT2D eigenvalue weighted by molar-refractivity contribution is 5.09. The van der Waals surface area contributed by atoms with Crippen molar-refractivity contribution >= 4 is 0 Å². The van der Waals surface area contributed by atoms with Crippen molar-refractivity contribution in [3.63, 3.8) is 0 Å². The van der Waals surface area contributed by atoms with Crippen LogP contribution in [0.15, 0.2) is 41.3 Å². The zero-order chi connectivity index (χ0) is 10.5. The Balaban J connectivity index is 1.67. The molecule has 2 heterocycles. The molecule has 2 aromatic heterocycles. The molecule has 15 heavy (non-hydrogen) atoms. The average Bonchev–Trinajstić information content (AvgIpc) is 2.84. The maximum absolute atomic E-state index is 5.25. The molecule has 0 amide bonds. The van der Waals surface area contributed by atoms with Crippen molar-refractivity contribution in [2.45, 2.75) is 13.0 Å². The topological polar surface area (TPSA) is 30.1 Å². The summed E-state index contributed by atoms with van der Waals surface area (Å²) >= 11 is 0. The number of aromatic nitrogens is 1. The Bertz CT molecular complexity index is 389. The predicted molar refractivity (Wildman–Crippen MR) is 59.5 cm³/mol. The van der Waals surface area contributed by atoms with E-state index in [0.29, 0.717) is 0 Å². The first kappa shape index (κ1) is 10.1. The van der Waals surface area contributed by atoms with Crippen molar-refractivity contribution in [2.24, 2.45) is 7.05 Å². The Morgan fingerprint density at radius 1 is 1.40 bits per heavy atom. The Kier molecular flexibility index (Phi) is 3.25. The maximum Gasteiger partial charge on any atom is 0.105 e. The Labute approximate surface area is 89.7 Å². The van der Waals surface area contributed by atoms with Crippen molar-refractivity contribution in [3.8, 4) is 0 Å². The highest BCUT2D eigenvalue weighted by Crippen LogP contribution is 2.01. The van der Waals surface area contributed by atoms with Crippen LogP contribution in [-0.2, 0) is 20.0 Å². The average molecular weight is 204 g/mol. The highest BCUT2D eigenvalue weighted by Gasteiger charge is 1.96. The first-order valence-electron chi connectivity index (χ1n) is 5.18. The summed E-state index contributed by atoms with van der Waals surface area (Å²) in [5.74, 6) is 1.04. The SMILES string of the molecule is Cn1ccc(CNCCc2ccco2)c1. The molecule has 0 aromatic carbocycles. The lowest BCUT2D eigenvalue weighted by Crippen LogP contribution is -2.16. The largest absolute Gasteiger partial charge is 0.469 e. The van der Waals surface area contributed by atoms with Gasteiger partial charge in [0.15, 0.2) is 0 Å². The molecule has 0 saturated heterocycles. The van der Waals surface area contributed by atoms with Gasteiger partial charge in [-0.05, 0) is 23.8 Å². The van der Waals surface area contributed by atoms with E-state index in [9.17, 15) is 0 Å². The number of hydrogen-bond donors (Lipinski definition) is 1. The van der Waals surface area contributed by atoms with E-state index in [1.807, 2.05) is 19.2 Å². The molecule has 0 atom stereocenters. The lowest BCUT2D eigenvalue weighted by molar-refractivity contribution is 0.499. The molecule has 0 radical (unpaired) electrons. The van der Waals surface area contributed by atoms with Gasteiger partial charge < -0.3 is 14.3 Å². The second kappa shape index (κ2) is 4.84. The molecule has 80 valence electrons. The van der Waals surface area contributed by atoms with Crippen LogP contribution in [0.25, 0.3) is 0 Å². The third-order valence-electron chi connectivity index (χ3n) is 2.35. The van der Waals surface area contributed by atoms with Gasteiger partial charge in [0, 0.05) is 39.0 Å². The van der Waals surface area contributed by atoms with E-state index in [1.54, 1.807) is 6.26 Å². The van der Waals surface area contributed by atoms with Crippen molar-refractivity contribution in [2.75, 3.05) is 6.54 Å². The van der Waals surface area contributed by atoms with Gasteiger partial charge in [-0.3, -0.25) is 0 Å². The van der Waals surface area contributed by atoms with E-state index in [2.05, 4.69) is 28.3 Å². The molecule has 2 rings (SSSR count). The summed E-state index contributed by atoms with van der Waals surface area (Å²) in [6, 6.07) is 6.05. The van der Waals surface area contributed by atoms with Crippen molar-refractivity contribution in [3.05, 3.63) is 48.2 Å². The van der Waals surface area contributed by atoms with Crippen LogP contribution >= 0.6 is 0 Å². The van der Waals surface area contributed by atoms with E-state index >= 15 is 0 Å². The molecule has 0 saturated carbocycles. The Morgan fingerprint density at radius 2 is 2.33 bits per heavy atom. The molecule has 0 aliphatic rings. The molecular formula is C12H16N2O. The summed E-state index contributed by atoms with van der Waals surface area (Å²) < 4.78 is 7.30. The molecule has 1 N–H and O–H groups in total. The van der Waals surface area contributed by atoms with E-state index in [-0.39, 0.29) is 0 Å². The summed E-state index contributed by atoms with van der Waals surface area (Å²) in [6.45, 7) is 1.87. The summed E-state index contributed by atoms with van der Waals surface area (Å²) in [4.78, 5) is 0. The fourth-order valence-electron chi connectivity index (χ4n) is 1.56. The predicted octanol–water partition coefficient (Wildman–Crippen LogP) is 1.95. The zero-order valence-electron chi connectivity index (χ0n) is 8.94. The lowest BCUT2D eigenvalue weighted by atomic mass is 10.3. The Hall–Kier alpha value is -1.48. The normalized spacial score (nSPS) is 10.7. The molecule has 2 aromatic rings. The number of rotatable bonds is 5. The molecular weight excluding hydrogens is 188 g/mol. The van der Waals surface area contributed by atoms with Crippen molar-refractivity contribution in [1.29, 1.82) is 0 Å². The van der Waals surface area contributed by atoms with Crippen molar-refractivity contribution in [1.82, 2.24) is 9.88 Å². The zero-order valence-corrected chi connectivity index (χ0v) is 8.94. The molecule has 3 nitrogen and oxygen atoms in total. The second-order valence-electron chi connectivity index (χ2n) is 3.69. The third kappa shape index (κ3) is 2.99. The minimum absolute atomic E-state index is 0.918. The quantitative estimate of drug-likeness (QED) is 0.754. The monoisotopic (exact) mass is 204 g/mol. The van der Waals surface area contributed by atoms with E-state index in [0.717, 1.165) is 25.3 Å². The molecule has 3 heteroatoms. The molecule has 0 aliphatic heterocycles. The van der Waals surface area contributed by atoms with Gasteiger partial charge in [-0.25, -0.2) is 0 Å². The van der Waals surface area contributed by atoms with Gasteiger partial charge in [-0.1, -0.05) is 0 Å². The van der Waals surface area contributed by atoms with E-state index < -0.39 is 0 Å². The molecule has 0 spiro atoms. The van der Waals surface area contributed by atoms with Crippen molar-refractivity contribution < 1.29 is 4.42 Å². The van der Waals surface area contributed by atoms with Gasteiger partial charge in [0.05, 0.1) is 6.26 Å². The number of furan rings is 1. The smallest absolute Gasteiger partial charge is 0.105 e. The maximum atomic E-state index is 5.25. The van der Waals surface area contributed by atoms with Crippen LogP contribution in [0.2, 0.25) is 0 Å². The van der Waals surface area contributed by atoms with Gasteiger partial charge in [0.2, 0.25) is 0 Å². The number of nitrogens with one attached hydrogen (secondary N) is 1. The van der Waals surface area contributed by atoms with Gasteiger partial charge >= 0.3 is 0 Å². The van der Waals surface area contributed by atoms with Crippen LogP contribution in [0.3, 0.4) is 0 Å². The fraction of sp³-hybridized carbons (Fsp3) is 0.333. The molecule has 0 fully saturated rings. The lowest BCUT2D eigenvalue weighted by Gasteiger charge is -2.01. The summed E-state index contributed by atoms with van der Waals surface area (Å²) in [7, 11) is 2.03. The van der Waals surface area contributed by atoms with Crippen LogP contribution in [0.4, 0.5) is 0 Å². The number of aryl methyl sites for hydroxylation is 1. The van der Waals surface area contributed by atoms with E-state index in [4.69, 9.17) is 4.42 Å². The van der Waals surface area contributed by atoms with Gasteiger partial charge in [-0.15, -0.1) is 0 Å². The molecule has 0 aliphatic carbocycles. The first-order valence-corrected chi connectivity index (χ1v) is 5.18. The van der Waals surface area contributed by atoms with Crippen LogP contribution in [0.1, 0.15) is 11.3 Å². The highest BCUT2D eigenvalue weighted by atomic mass is 16.3. The van der Waals surface area contributed by atoms with Gasteiger partial charge in [0.1, 0.15) is 5.76 Å². The molecule has 0 bridgehead atoms. The van der Waals surface area contributed by atoms with Crippen LogP contribution in [0.5, 0.6) is 0 Å². The minimum atomic E-state index is 0.918. The van der Waals surface area contributed by atoms with E-state index in [1.165, 1.54) is 5.56 Å². The number of nitrogens with zero attached hydrogens (tertiary/aromatic N) is 1. The van der Waals surface area contributed by atoms with Crippen LogP contribution in [0, 0.1) is 0 Å². The minimum Gasteiger partial charge on any atom is -0.469 e. The fourth-order valence-corrected chi connectivity index (χ4v) is 1.56. The number of hydrogen-bond acceptors (Lipinski definition) is 2. The summed E-state index contributed by atoms with van der Waals surface area (Å²) in [5.41, 5.74) is 1.32. The van der Waals surface area contributed by atoms with Crippen LogP contribution < -0.4 is 5.32 Å². The second-order valence-corrected chi connectivity index (χ2v) is 3.69. The third-order valence-corrected chi connectivity index (χ3v) is 2.35.